The maximum absolute atomic E-state index is 11.3. The average Bonchev–Trinajstić information content (AvgIpc) is 2.27. The van der Waals surface area contributed by atoms with Gasteiger partial charge in [-0.15, -0.1) is 12.6 Å². The van der Waals surface area contributed by atoms with Crippen LogP contribution >= 0.6 is 12.6 Å². The van der Waals surface area contributed by atoms with Crippen LogP contribution in [-0.2, 0) is 16.0 Å². The van der Waals surface area contributed by atoms with E-state index in [-0.39, 0.29) is 29.8 Å². The molecule has 0 aromatic heterocycles. The van der Waals surface area contributed by atoms with Crippen molar-refractivity contribution in [1.29, 1.82) is 5.26 Å². The SMILES string of the molecule is CCOC(=O)Cc1cc(S)cc(C#N)c1[N+](=O)[O-]. The van der Waals surface area contributed by atoms with Gasteiger partial charge >= 0.3 is 5.97 Å². The first-order valence-corrected chi connectivity index (χ1v) is 5.50. The van der Waals surface area contributed by atoms with Crippen LogP contribution in [0.3, 0.4) is 0 Å². The quantitative estimate of drug-likeness (QED) is 0.388. The van der Waals surface area contributed by atoms with E-state index in [9.17, 15) is 14.9 Å². The molecule has 7 heteroatoms. The Hall–Kier alpha value is -2.07. The lowest BCUT2D eigenvalue weighted by atomic mass is 10.1. The van der Waals surface area contributed by atoms with E-state index in [4.69, 9.17) is 10.00 Å². The molecule has 0 saturated carbocycles. The van der Waals surface area contributed by atoms with Crippen LogP contribution in [0.5, 0.6) is 0 Å². The number of benzene rings is 1. The van der Waals surface area contributed by atoms with Gasteiger partial charge in [0.1, 0.15) is 11.6 Å². The summed E-state index contributed by atoms with van der Waals surface area (Å²) in [6, 6.07) is 4.40. The summed E-state index contributed by atoms with van der Waals surface area (Å²) in [5.74, 6) is -0.580. The number of hydrogen-bond donors (Lipinski definition) is 1. The fourth-order valence-electron chi connectivity index (χ4n) is 1.48. The minimum absolute atomic E-state index is 0.119. The van der Waals surface area contributed by atoms with Crippen molar-refractivity contribution in [2.75, 3.05) is 6.61 Å². The van der Waals surface area contributed by atoms with Gasteiger partial charge in [0.25, 0.3) is 5.69 Å². The van der Waals surface area contributed by atoms with Crippen LogP contribution in [0.2, 0.25) is 0 Å². The van der Waals surface area contributed by atoms with E-state index in [2.05, 4.69) is 12.6 Å². The molecular weight excluding hydrogens is 256 g/mol. The van der Waals surface area contributed by atoms with Crippen molar-refractivity contribution in [2.45, 2.75) is 18.2 Å². The first kappa shape index (κ1) is 14.0. The third-order valence-corrected chi connectivity index (χ3v) is 2.37. The molecule has 0 aliphatic heterocycles. The normalized spacial score (nSPS) is 9.61. The Kier molecular flexibility index (Phi) is 4.68. The van der Waals surface area contributed by atoms with Gasteiger partial charge in [-0.05, 0) is 19.1 Å². The number of ether oxygens (including phenoxy) is 1. The third-order valence-electron chi connectivity index (χ3n) is 2.12. The van der Waals surface area contributed by atoms with E-state index in [1.807, 2.05) is 0 Å². The molecule has 94 valence electrons. The Morgan fingerprint density at radius 1 is 1.61 bits per heavy atom. The lowest BCUT2D eigenvalue weighted by Gasteiger charge is -2.05. The predicted octanol–water partition coefficient (Wildman–Crippen LogP) is 1.86. The van der Waals surface area contributed by atoms with Crippen molar-refractivity contribution < 1.29 is 14.5 Å². The van der Waals surface area contributed by atoms with E-state index < -0.39 is 10.9 Å². The second kappa shape index (κ2) is 6.02. The molecule has 0 saturated heterocycles. The molecule has 0 aliphatic rings. The van der Waals surface area contributed by atoms with Crippen molar-refractivity contribution in [1.82, 2.24) is 0 Å². The van der Waals surface area contributed by atoms with E-state index in [1.165, 1.54) is 12.1 Å². The minimum atomic E-state index is -0.680. The highest BCUT2D eigenvalue weighted by Gasteiger charge is 2.22. The van der Waals surface area contributed by atoms with Crippen LogP contribution < -0.4 is 0 Å². The highest BCUT2D eigenvalue weighted by molar-refractivity contribution is 7.80. The molecule has 0 heterocycles. The number of nitriles is 1. The molecule has 0 unspecified atom stereocenters. The second-order valence-electron chi connectivity index (χ2n) is 3.35. The second-order valence-corrected chi connectivity index (χ2v) is 3.87. The molecule has 0 spiro atoms. The Bertz CT molecular complexity index is 537. The summed E-state index contributed by atoms with van der Waals surface area (Å²) in [5, 5.41) is 19.8. The molecule has 1 rings (SSSR count). The monoisotopic (exact) mass is 266 g/mol. The molecule has 0 radical (unpaired) electrons. The van der Waals surface area contributed by atoms with Crippen molar-refractivity contribution in [3.05, 3.63) is 33.4 Å². The first-order valence-electron chi connectivity index (χ1n) is 5.05. The molecular formula is C11H10N2O4S. The lowest BCUT2D eigenvalue weighted by molar-refractivity contribution is -0.385. The molecule has 6 nitrogen and oxygen atoms in total. The summed E-state index contributed by atoms with van der Waals surface area (Å²) in [6.45, 7) is 1.83. The topological polar surface area (TPSA) is 93.2 Å². The summed E-state index contributed by atoms with van der Waals surface area (Å²) < 4.78 is 4.72. The van der Waals surface area contributed by atoms with Gasteiger partial charge in [-0.1, -0.05) is 0 Å². The lowest BCUT2D eigenvalue weighted by Crippen LogP contribution is -2.10. The molecule has 0 N–H and O–H groups in total. The van der Waals surface area contributed by atoms with Gasteiger partial charge < -0.3 is 4.74 Å². The fraction of sp³-hybridized carbons (Fsp3) is 0.273. The fourth-order valence-corrected chi connectivity index (χ4v) is 1.77. The van der Waals surface area contributed by atoms with E-state index in [1.54, 1.807) is 13.0 Å². The number of nitro groups is 1. The molecule has 18 heavy (non-hydrogen) atoms. The Morgan fingerprint density at radius 3 is 2.78 bits per heavy atom. The van der Waals surface area contributed by atoms with Gasteiger partial charge in [-0.2, -0.15) is 5.26 Å². The van der Waals surface area contributed by atoms with Gasteiger partial charge in [-0.25, -0.2) is 0 Å². The Balaban J connectivity index is 3.25. The molecule has 1 aromatic carbocycles. The van der Waals surface area contributed by atoms with Crippen LogP contribution in [-0.4, -0.2) is 17.5 Å². The highest BCUT2D eigenvalue weighted by Crippen LogP contribution is 2.27. The maximum Gasteiger partial charge on any atom is 0.310 e. The zero-order valence-electron chi connectivity index (χ0n) is 9.54. The number of nitrogens with zero attached hydrogens (tertiary/aromatic N) is 2. The number of thiol groups is 1. The first-order chi connectivity index (χ1) is 8.49. The summed E-state index contributed by atoms with van der Waals surface area (Å²) in [6.07, 6.45) is -0.257. The standard InChI is InChI=1S/C11H10N2O4S/c1-2-17-10(14)5-7-3-9(18)4-8(6-12)11(7)13(15)16/h3-4,18H,2,5H2,1H3. The minimum Gasteiger partial charge on any atom is -0.466 e. The number of carbonyl (C=O) groups is 1. The molecule has 0 amide bonds. The van der Waals surface area contributed by atoms with Crippen molar-refractivity contribution in [3.63, 3.8) is 0 Å². The van der Waals surface area contributed by atoms with E-state index >= 15 is 0 Å². The number of hydrogen-bond acceptors (Lipinski definition) is 6. The van der Waals surface area contributed by atoms with E-state index in [0.717, 1.165) is 0 Å². The van der Waals surface area contributed by atoms with Crippen molar-refractivity contribution in [3.8, 4) is 6.07 Å². The molecule has 1 aromatic rings. The molecule has 0 bridgehead atoms. The number of esters is 1. The molecule has 0 atom stereocenters. The van der Waals surface area contributed by atoms with Crippen LogP contribution in [0.25, 0.3) is 0 Å². The van der Waals surface area contributed by atoms with Gasteiger partial charge in [0.2, 0.25) is 0 Å². The zero-order valence-corrected chi connectivity index (χ0v) is 10.4. The Labute approximate surface area is 109 Å². The molecule has 0 fully saturated rings. The third kappa shape index (κ3) is 3.21. The predicted molar refractivity (Wildman–Crippen MR) is 65.4 cm³/mol. The van der Waals surface area contributed by atoms with Crippen molar-refractivity contribution >= 4 is 24.3 Å². The summed E-state index contributed by atoms with van der Waals surface area (Å²) in [7, 11) is 0. The largest absolute Gasteiger partial charge is 0.466 e. The van der Waals surface area contributed by atoms with Crippen LogP contribution in [0.4, 0.5) is 5.69 Å². The van der Waals surface area contributed by atoms with E-state index in [0.29, 0.717) is 4.90 Å². The summed E-state index contributed by atoms with van der Waals surface area (Å²) in [4.78, 5) is 22.0. The Morgan fingerprint density at radius 2 is 2.28 bits per heavy atom. The number of carbonyl (C=O) groups excluding carboxylic acids is 1. The van der Waals surface area contributed by atoms with Crippen LogP contribution in [0.15, 0.2) is 17.0 Å². The number of nitro benzene ring substituents is 1. The van der Waals surface area contributed by atoms with Gasteiger partial charge in [0.15, 0.2) is 0 Å². The van der Waals surface area contributed by atoms with Crippen LogP contribution in [0.1, 0.15) is 18.1 Å². The van der Waals surface area contributed by atoms with Gasteiger partial charge in [0.05, 0.1) is 18.0 Å². The van der Waals surface area contributed by atoms with Crippen molar-refractivity contribution in [2.24, 2.45) is 0 Å². The summed E-state index contributed by atoms with van der Waals surface area (Å²) in [5.41, 5.74) is -0.363. The smallest absolute Gasteiger partial charge is 0.310 e. The van der Waals surface area contributed by atoms with Crippen LogP contribution in [0, 0.1) is 21.4 Å². The maximum atomic E-state index is 11.3. The average molecular weight is 266 g/mol. The van der Waals surface area contributed by atoms with Gasteiger partial charge in [0, 0.05) is 10.5 Å². The highest BCUT2D eigenvalue weighted by atomic mass is 32.1. The van der Waals surface area contributed by atoms with Gasteiger partial charge in [-0.3, -0.25) is 14.9 Å². The number of rotatable bonds is 4. The molecule has 0 aliphatic carbocycles. The summed E-state index contributed by atoms with van der Waals surface area (Å²) >= 11 is 4.04. The zero-order chi connectivity index (χ0) is 13.7.